The van der Waals surface area contributed by atoms with Crippen molar-refractivity contribution < 1.29 is 4.74 Å². The van der Waals surface area contributed by atoms with Crippen LogP contribution in [0.5, 0.6) is 5.75 Å². The van der Waals surface area contributed by atoms with Crippen molar-refractivity contribution in [2.75, 3.05) is 7.11 Å². The van der Waals surface area contributed by atoms with Gasteiger partial charge in [0, 0.05) is 11.6 Å². The van der Waals surface area contributed by atoms with Gasteiger partial charge in [0.15, 0.2) is 5.82 Å². The average molecular weight is 261 g/mol. The van der Waals surface area contributed by atoms with E-state index < -0.39 is 0 Å². The molecule has 1 fully saturated rings. The minimum atomic E-state index is 0.493. The molecular formula is C14H13ClN2O. The minimum Gasteiger partial charge on any atom is -0.496 e. The summed E-state index contributed by atoms with van der Waals surface area (Å²) in [5.74, 6) is 1.96. The summed E-state index contributed by atoms with van der Waals surface area (Å²) in [6.45, 7) is 0. The molecule has 1 aromatic heterocycles. The van der Waals surface area contributed by atoms with Crippen LogP contribution in [-0.4, -0.2) is 17.1 Å². The molecule has 0 atom stereocenters. The Labute approximate surface area is 111 Å². The average Bonchev–Trinajstić information content (AvgIpc) is 3.22. The number of hydrogen-bond donors (Lipinski definition) is 0. The number of rotatable bonds is 3. The third kappa shape index (κ3) is 2.18. The highest BCUT2D eigenvalue weighted by atomic mass is 35.5. The van der Waals surface area contributed by atoms with E-state index in [1.165, 1.54) is 12.8 Å². The second-order valence-corrected chi connectivity index (χ2v) is 4.80. The highest BCUT2D eigenvalue weighted by molar-refractivity contribution is 6.29. The SMILES string of the molecule is COc1ccccc1-c1nc(Cl)cc(C2CC2)n1. The van der Waals surface area contributed by atoms with E-state index in [9.17, 15) is 0 Å². The zero-order valence-corrected chi connectivity index (χ0v) is 10.8. The fourth-order valence-corrected chi connectivity index (χ4v) is 2.16. The van der Waals surface area contributed by atoms with Crippen molar-refractivity contribution in [1.29, 1.82) is 0 Å². The fourth-order valence-electron chi connectivity index (χ4n) is 1.97. The van der Waals surface area contributed by atoms with Gasteiger partial charge in [0.25, 0.3) is 0 Å². The van der Waals surface area contributed by atoms with Crippen molar-refractivity contribution in [2.24, 2.45) is 0 Å². The second-order valence-electron chi connectivity index (χ2n) is 4.41. The molecule has 1 heterocycles. The first kappa shape index (κ1) is 11.5. The number of aromatic nitrogens is 2. The normalized spacial score (nSPS) is 14.6. The lowest BCUT2D eigenvalue weighted by molar-refractivity contribution is 0.416. The Morgan fingerprint density at radius 2 is 2.00 bits per heavy atom. The maximum atomic E-state index is 6.08. The number of para-hydroxylation sites is 1. The molecule has 1 aliphatic rings. The molecular weight excluding hydrogens is 248 g/mol. The summed E-state index contributed by atoms with van der Waals surface area (Å²) in [6.07, 6.45) is 2.39. The Bertz CT molecular complexity index is 582. The van der Waals surface area contributed by atoms with E-state index in [-0.39, 0.29) is 0 Å². The van der Waals surface area contributed by atoms with Gasteiger partial charge in [-0.1, -0.05) is 23.7 Å². The summed E-state index contributed by atoms with van der Waals surface area (Å²) in [6, 6.07) is 9.57. The van der Waals surface area contributed by atoms with Gasteiger partial charge in [0.1, 0.15) is 10.9 Å². The zero-order chi connectivity index (χ0) is 12.5. The monoisotopic (exact) mass is 260 g/mol. The Kier molecular flexibility index (Phi) is 2.92. The maximum absolute atomic E-state index is 6.08. The molecule has 1 aliphatic carbocycles. The molecule has 0 aliphatic heterocycles. The molecule has 2 aromatic rings. The van der Waals surface area contributed by atoms with Crippen molar-refractivity contribution in [3.05, 3.63) is 41.2 Å². The van der Waals surface area contributed by atoms with E-state index in [1.54, 1.807) is 7.11 Å². The number of hydrogen-bond acceptors (Lipinski definition) is 3. The quantitative estimate of drug-likeness (QED) is 0.790. The van der Waals surface area contributed by atoms with Gasteiger partial charge in [-0.05, 0) is 31.0 Å². The lowest BCUT2D eigenvalue weighted by Gasteiger charge is -2.08. The second kappa shape index (κ2) is 4.58. The van der Waals surface area contributed by atoms with Crippen molar-refractivity contribution in [2.45, 2.75) is 18.8 Å². The summed E-state index contributed by atoms with van der Waals surface area (Å²) in [5.41, 5.74) is 1.92. The van der Waals surface area contributed by atoms with Crippen LogP contribution >= 0.6 is 11.6 Å². The molecule has 4 heteroatoms. The van der Waals surface area contributed by atoms with Crippen LogP contribution in [0.2, 0.25) is 5.15 Å². The number of halogens is 1. The third-order valence-corrected chi connectivity index (χ3v) is 3.25. The fraction of sp³-hybridized carbons (Fsp3) is 0.286. The van der Waals surface area contributed by atoms with Crippen molar-refractivity contribution in [3.63, 3.8) is 0 Å². The van der Waals surface area contributed by atoms with E-state index in [2.05, 4.69) is 9.97 Å². The van der Waals surface area contributed by atoms with Crippen molar-refractivity contribution >= 4 is 11.6 Å². The molecule has 1 saturated carbocycles. The van der Waals surface area contributed by atoms with Crippen LogP contribution in [0, 0.1) is 0 Å². The summed E-state index contributed by atoms with van der Waals surface area (Å²) >= 11 is 6.08. The number of ether oxygens (including phenoxy) is 1. The summed E-state index contributed by atoms with van der Waals surface area (Å²) in [7, 11) is 1.64. The first-order valence-corrected chi connectivity index (χ1v) is 6.33. The Morgan fingerprint density at radius 1 is 1.22 bits per heavy atom. The molecule has 0 saturated heterocycles. The molecule has 3 nitrogen and oxygen atoms in total. The molecule has 3 rings (SSSR count). The third-order valence-electron chi connectivity index (χ3n) is 3.06. The predicted molar refractivity (Wildman–Crippen MR) is 71.0 cm³/mol. The van der Waals surface area contributed by atoms with Gasteiger partial charge >= 0.3 is 0 Å². The maximum Gasteiger partial charge on any atom is 0.164 e. The van der Waals surface area contributed by atoms with Gasteiger partial charge in [-0.25, -0.2) is 9.97 Å². The molecule has 0 N–H and O–H groups in total. The smallest absolute Gasteiger partial charge is 0.164 e. The molecule has 92 valence electrons. The summed E-state index contributed by atoms with van der Waals surface area (Å²) < 4.78 is 5.33. The summed E-state index contributed by atoms with van der Waals surface area (Å²) in [5, 5.41) is 0.493. The highest BCUT2D eigenvalue weighted by Crippen LogP contribution is 2.40. The molecule has 1 aromatic carbocycles. The van der Waals surface area contributed by atoms with E-state index >= 15 is 0 Å². The van der Waals surface area contributed by atoms with Crippen molar-refractivity contribution in [3.8, 4) is 17.1 Å². The van der Waals surface area contributed by atoms with Crippen molar-refractivity contribution in [1.82, 2.24) is 9.97 Å². The Morgan fingerprint density at radius 3 is 2.72 bits per heavy atom. The van der Waals surface area contributed by atoms with E-state index in [0.29, 0.717) is 16.9 Å². The van der Waals surface area contributed by atoms with Gasteiger partial charge < -0.3 is 4.74 Å². The van der Waals surface area contributed by atoms with Gasteiger partial charge in [-0.2, -0.15) is 0 Å². The van der Waals surface area contributed by atoms with Crippen LogP contribution < -0.4 is 4.74 Å². The summed E-state index contributed by atoms with van der Waals surface area (Å²) in [4.78, 5) is 8.90. The van der Waals surface area contributed by atoms with E-state index in [4.69, 9.17) is 16.3 Å². The lowest BCUT2D eigenvalue weighted by Crippen LogP contribution is -1.97. The van der Waals surface area contributed by atoms with E-state index in [1.807, 2.05) is 30.3 Å². The van der Waals surface area contributed by atoms with Crippen LogP contribution in [0.3, 0.4) is 0 Å². The Hall–Kier alpha value is -1.61. The van der Waals surface area contributed by atoms with Crippen LogP contribution in [0.15, 0.2) is 30.3 Å². The molecule has 18 heavy (non-hydrogen) atoms. The van der Waals surface area contributed by atoms with Crippen LogP contribution in [0.4, 0.5) is 0 Å². The minimum absolute atomic E-state index is 0.493. The van der Waals surface area contributed by atoms with Gasteiger partial charge in [0.05, 0.1) is 12.7 Å². The number of benzene rings is 1. The molecule has 0 amide bonds. The first-order valence-electron chi connectivity index (χ1n) is 5.96. The first-order chi connectivity index (χ1) is 8.78. The lowest BCUT2D eigenvalue weighted by atomic mass is 10.1. The standard InChI is InChI=1S/C14H13ClN2O/c1-18-12-5-3-2-4-10(12)14-16-11(9-6-7-9)8-13(15)17-14/h2-5,8-9H,6-7H2,1H3. The number of nitrogens with zero attached hydrogens (tertiary/aromatic N) is 2. The van der Waals surface area contributed by atoms with Gasteiger partial charge in [-0.15, -0.1) is 0 Å². The topological polar surface area (TPSA) is 35.0 Å². The van der Waals surface area contributed by atoms with Crippen LogP contribution in [0.25, 0.3) is 11.4 Å². The molecule has 0 bridgehead atoms. The Balaban J connectivity index is 2.10. The zero-order valence-electron chi connectivity index (χ0n) is 10.1. The van der Waals surface area contributed by atoms with E-state index in [0.717, 1.165) is 17.0 Å². The largest absolute Gasteiger partial charge is 0.496 e. The van der Waals surface area contributed by atoms with Crippen LogP contribution in [0.1, 0.15) is 24.5 Å². The van der Waals surface area contributed by atoms with Gasteiger partial charge in [0.2, 0.25) is 0 Å². The molecule has 0 radical (unpaired) electrons. The molecule has 0 unspecified atom stereocenters. The molecule has 0 spiro atoms. The predicted octanol–water partition coefficient (Wildman–Crippen LogP) is 3.68. The van der Waals surface area contributed by atoms with Gasteiger partial charge in [-0.3, -0.25) is 0 Å². The highest BCUT2D eigenvalue weighted by Gasteiger charge is 2.26. The van der Waals surface area contributed by atoms with Crippen LogP contribution in [-0.2, 0) is 0 Å². The number of methoxy groups -OCH3 is 1.